The van der Waals surface area contributed by atoms with Crippen LogP contribution in [0.15, 0.2) is 0 Å². The number of ether oxygens (including phenoxy) is 1. The molecule has 0 aromatic carbocycles. The van der Waals surface area contributed by atoms with Gasteiger partial charge < -0.3 is 15.4 Å². The van der Waals surface area contributed by atoms with E-state index in [0.717, 1.165) is 6.42 Å². The van der Waals surface area contributed by atoms with Gasteiger partial charge in [-0.2, -0.15) is 0 Å². The average Bonchev–Trinajstić information content (AvgIpc) is 2.44. The van der Waals surface area contributed by atoms with Gasteiger partial charge in [0.2, 0.25) is 5.91 Å². The molecule has 20 heavy (non-hydrogen) atoms. The molecule has 2 rings (SSSR count). The van der Waals surface area contributed by atoms with Gasteiger partial charge in [0, 0.05) is 25.0 Å². The smallest absolute Gasteiger partial charge is 0.309 e. The van der Waals surface area contributed by atoms with E-state index < -0.39 is 0 Å². The number of nitrogens with zero attached hydrogens (tertiary/aromatic N) is 1. The summed E-state index contributed by atoms with van der Waals surface area (Å²) in [5.74, 6) is 0.0805. The van der Waals surface area contributed by atoms with Crippen LogP contribution in [0, 0.1) is 17.3 Å². The van der Waals surface area contributed by atoms with Gasteiger partial charge >= 0.3 is 5.97 Å². The van der Waals surface area contributed by atoms with Crippen molar-refractivity contribution in [1.82, 2.24) is 4.90 Å². The number of hydrogen-bond acceptors (Lipinski definition) is 4. The summed E-state index contributed by atoms with van der Waals surface area (Å²) >= 11 is 0. The molecule has 0 unspecified atom stereocenters. The lowest BCUT2D eigenvalue weighted by molar-refractivity contribution is -0.155. The molecule has 2 N–H and O–H groups in total. The van der Waals surface area contributed by atoms with E-state index in [-0.39, 0.29) is 35.2 Å². The zero-order valence-electron chi connectivity index (χ0n) is 12.7. The Labute approximate surface area is 120 Å². The first kappa shape index (κ1) is 15.3. The van der Waals surface area contributed by atoms with Crippen LogP contribution in [0.3, 0.4) is 0 Å². The predicted octanol–water partition coefficient (Wildman–Crippen LogP) is 1.16. The zero-order valence-corrected chi connectivity index (χ0v) is 12.7. The molecule has 114 valence electrons. The molecular weight excluding hydrogens is 256 g/mol. The molecule has 2 aliphatic rings. The number of amides is 1. The maximum atomic E-state index is 12.5. The van der Waals surface area contributed by atoms with Gasteiger partial charge in [-0.3, -0.25) is 9.59 Å². The number of piperidine rings is 1. The van der Waals surface area contributed by atoms with Crippen molar-refractivity contribution in [1.29, 1.82) is 0 Å². The lowest BCUT2D eigenvalue weighted by atomic mass is 9.58. The van der Waals surface area contributed by atoms with Crippen molar-refractivity contribution in [2.45, 2.75) is 46.1 Å². The standard InChI is InChI=1S/C15H26N2O3/c1-4-20-14(19)10-5-7-17(8-6-10)13(18)11-9-12(16)15(11,2)3/h10-12H,4-9,16H2,1-3H3/t11-,12-/m0/s1. The number of esters is 1. The summed E-state index contributed by atoms with van der Waals surface area (Å²) in [4.78, 5) is 26.1. The number of carbonyl (C=O) groups excluding carboxylic acids is 2. The van der Waals surface area contributed by atoms with Crippen LogP contribution in [0.4, 0.5) is 0 Å². The molecule has 1 saturated carbocycles. The van der Waals surface area contributed by atoms with E-state index in [1.54, 1.807) is 0 Å². The van der Waals surface area contributed by atoms with Crippen LogP contribution >= 0.6 is 0 Å². The number of nitrogens with two attached hydrogens (primary N) is 1. The van der Waals surface area contributed by atoms with Gasteiger partial charge in [0.1, 0.15) is 0 Å². The van der Waals surface area contributed by atoms with Crippen molar-refractivity contribution in [2.24, 2.45) is 23.0 Å². The van der Waals surface area contributed by atoms with E-state index in [4.69, 9.17) is 10.5 Å². The Morgan fingerprint density at radius 3 is 2.35 bits per heavy atom. The molecule has 1 amide bonds. The Hall–Kier alpha value is -1.10. The van der Waals surface area contributed by atoms with Gasteiger partial charge in [0.25, 0.3) is 0 Å². The van der Waals surface area contributed by atoms with Crippen molar-refractivity contribution in [2.75, 3.05) is 19.7 Å². The molecule has 2 atom stereocenters. The second kappa shape index (κ2) is 5.72. The second-order valence-electron chi connectivity index (χ2n) is 6.57. The molecule has 0 aromatic rings. The van der Waals surface area contributed by atoms with Crippen LogP contribution in [0.1, 0.15) is 40.0 Å². The maximum Gasteiger partial charge on any atom is 0.309 e. The molecule has 0 aromatic heterocycles. The summed E-state index contributed by atoms with van der Waals surface area (Å²) in [6.45, 7) is 7.68. The summed E-state index contributed by atoms with van der Waals surface area (Å²) in [6.07, 6.45) is 2.21. The van der Waals surface area contributed by atoms with Crippen LogP contribution in [0.2, 0.25) is 0 Å². The molecule has 2 fully saturated rings. The Morgan fingerprint density at radius 1 is 1.30 bits per heavy atom. The Balaban J connectivity index is 1.85. The quantitative estimate of drug-likeness (QED) is 0.788. The van der Waals surface area contributed by atoms with Crippen LogP contribution < -0.4 is 5.73 Å². The van der Waals surface area contributed by atoms with E-state index in [9.17, 15) is 9.59 Å². The molecule has 1 saturated heterocycles. The maximum absolute atomic E-state index is 12.5. The summed E-state index contributed by atoms with van der Waals surface area (Å²) in [5.41, 5.74) is 5.88. The van der Waals surface area contributed by atoms with Crippen molar-refractivity contribution in [3.63, 3.8) is 0 Å². The first-order valence-electron chi connectivity index (χ1n) is 7.59. The second-order valence-corrected chi connectivity index (χ2v) is 6.57. The highest BCUT2D eigenvalue weighted by Gasteiger charge is 2.51. The van der Waals surface area contributed by atoms with Gasteiger partial charge in [0.15, 0.2) is 0 Å². The van der Waals surface area contributed by atoms with Gasteiger partial charge in [-0.25, -0.2) is 0 Å². The lowest BCUT2D eigenvalue weighted by Gasteiger charge is -2.51. The highest BCUT2D eigenvalue weighted by atomic mass is 16.5. The number of rotatable bonds is 3. The average molecular weight is 282 g/mol. The van der Waals surface area contributed by atoms with Crippen LogP contribution in [0.5, 0.6) is 0 Å². The summed E-state index contributed by atoms with van der Waals surface area (Å²) in [6, 6.07) is 0.119. The van der Waals surface area contributed by atoms with E-state index in [2.05, 4.69) is 13.8 Å². The molecule has 5 heteroatoms. The van der Waals surface area contributed by atoms with E-state index >= 15 is 0 Å². The minimum absolute atomic E-state index is 0.0386. The van der Waals surface area contributed by atoms with Crippen molar-refractivity contribution in [3.05, 3.63) is 0 Å². The minimum Gasteiger partial charge on any atom is -0.466 e. The van der Waals surface area contributed by atoms with E-state index in [1.165, 1.54) is 0 Å². The third kappa shape index (κ3) is 2.68. The molecule has 1 heterocycles. The van der Waals surface area contributed by atoms with E-state index in [0.29, 0.717) is 32.5 Å². The first-order chi connectivity index (χ1) is 9.37. The van der Waals surface area contributed by atoms with Gasteiger partial charge in [-0.15, -0.1) is 0 Å². The largest absolute Gasteiger partial charge is 0.466 e. The molecular formula is C15H26N2O3. The van der Waals surface area contributed by atoms with Crippen molar-refractivity contribution >= 4 is 11.9 Å². The first-order valence-corrected chi connectivity index (χ1v) is 7.59. The SMILES string of the molecule is CCOC(=O)C1CCN(C(=O)[C@@H]2C[C@H](N)C2(C)C)CC1. The topological polar surface area (TPSA) is 72.6 Å². The third-order valence-electron chi connectivity index (χ3n) is 5.07. The number of carbonyl (C=O) groups is 2. The van der Waals surface area contributed by atoms with Crippen LogP contribution in [-0.4, -0.2) is 42.5 Å². The highest BCUT2D eigenvalue weighted by Crippen LogP contribution is 2.46. The fourth-order valence-electron chi connectivity index (χ4n) is 3.19. The van der Waals surface area contributed by atoms with Crippen LogP contribution in [0.25, 0.3) is 0 Å². The number of hydrogen-bond donors (Lipinski definition) is 1. The van der Waals surface area contributed by atoms with Crippen LogP contribution in [-0.2, 0) is 14.3 Å². The predicted molar refractivity (Wildman–Crippen MR) is 75.8 cm³/mol. The Bertz CT molecular complexity index is 387. The Kier molecular flexibility index (Phi) is 4.37. The zero-order chi connectivity index (χ0) is 14.9. The number of likely N-dealkylation sites (tertiary alicyclic amines) is 1. The summed E-state index contributed by atoms with van der Waals surface area (Å²) in [5, 5.41) is 0. The molecule has 0 radical (unpaired) electrons. The summed E-state index contributed by atoms with van der Waals surface area (Å²) in [7, 11) is 0. The molecule has 0 spiro atoms. The molecule has 1 aliphatic heterocycles. The van der Waals surface area contributed by atoms with Gasteiger partial charge in [-0.05, 0) is 31.6 Å². The molecule has 0 bridgehead atoms. The normalized spacial score (nSPS) is 29.7. The minimum atomic E-state index is -0.120. The monoisotopic (exact) mass is 282 g/mol. The van der Waals surface area contributed by atoms with Gasteiger partial charge in [-0.1, -0.05) is 13.8 Å². The van der Waals surface area contributed by atoms with Crippen molar-refractivity contribution in [3.8, 4) is 0 Å². The van der Waals surface area contributed by atoms with E-state index in [1.807, 2.05) is 11.8 Å². The fourth-order valence-corrected chi connectivity index (χ4v) is 3.19. The molecule has 5 nitrogen and oxygen atoms in total. The molecule has 1 aliphatic carbocycles. The fraction of sp³-hybridized carbons (Fsp3) is 0.867. The summed E-state index contributed by atoms with van der Waals surface area (Å²) < 4.78 is 5.05. The lowest BCUT2D eigenvalue weighted by Crippen LogP contribution is -2.60. The third-order valence-corrected chi connectivity index (χ3v) is 5.07. The highest BCUT2D eigenvalue weighted by molar-refractivity contribution is 5.81. The van der Waals surface area contributed by atoms with Crippen molar-refractivity contribution < 1.29 is 14.3 Å². The van der Waals surface area contributed by atoms with Gasteiger partial charge in [0.05, 0.1) is 12.5 Å². The Morgan fingerprint density at radius 2 is 1.90 bits per heavy atom.